The van der Waals surface area contributed by atoms with Gasteiger partial charge in [0, 0.05) is 0 Å². The fourth-order valence-electron chi connectivity index (χ4n) is 0. The van der Waals surface area contributed by atoms with E-state index in [-0.39, 0.29) is 0 Å². The molecule has 0 N–H and O–H groups in total. The molecule has 24 valence electrons. The maximum absolute atomic E-state index is 4.43. The first-order chi connectivity index (χ1) is 1.73. The van der Waals surface area contributed by atoms with Gasteiger partial charge in [0.1, 0.15) is 0 Å². The van der Waals surface area contributed by atoms with E-state index in [0.29, 0.717) is 0 Å². The van der Waals surface area contributed by atoms with Crippen molar-refractivity contribution in [1.29, 1.82) is 0 Å². The molecule has 0 aliphatic carbocycles. The first kappa shape index (κ1) is 5.13. The Morgan fingerprint density at radius 1 is 1.50 bits per heavy atom. The van der Waals surface area contributed by atoms with Gasteiger partial charge in [-0.25, -0.2) is 0 Å². The number of hydrogen-bond donors (Lipinski definition) is 0. The molecule has 0 aromatic heterocycles. The quantitative estimate of drug-likeness (QED) is 0.380. The molecule has 0 amide bonds. The van der Waals surface area contributed by atoms with E-state index >= 15 is 0 Å². The monoisotopic (exact) mass is 204 g/mol. The summed E-state index contributed by atoms with van der Waals surface area (Å²) in [4.78, 5) is 0. The van der Waals surface area contributed by atoms with E-state index in [4.69, 9.17) is 0 Å². The minimum absolute atomic E-state index is 0.750. The molecular formula is CSSe2-2. The Bertz CT molecular complexity index is 29.0. The van der Waals surface area contributed by atoms with E-state index in [2.05, 4.69) is 44.2 Å². The van der Waals surface area contributed by atoms with Crippen LogP contribution in [0.15, 0.2) is 0 Å². The van der Waals surface area contributed by atoms with Crippen LogP contribution in [-0.2, 0) is 0 Å². The van der Waals surface area contributed by atoms with Crippen molar-refractivity contribution in [3.8, 4) is 0 Å². The third-order valence-corrected chi connectivity index (χ3v) is 0. The zero-order valence-corrected chi connectivity index (χ0v) is 5.97. The van der Waals surface area contributed by atoms with Gasteiger partial charge in [-0.15, -0.1) is 0 Å². The molecule has 0 nitrogen and oxygen atoms in total. The van der Waals surface area contributed by atoms with Gasteiger partial charge < -0.3 is 0 Å². The zero-order chi connectivity index (χ0) is 3.58. The Morgan fingerprint density at radius 3 is 1.50 bits per heavy atom. The average molecular weight is 202 g/mol. The summed E-state index contributed by atoms with van der Waals surface area (Å²) >= 11 is 9.58. The van der Waals surface area contributed by atoms with Crippen LogP contribution in [-0.4, -0.2) is 34.7 Å². The van der Waals surface area contributed by atoms with Crippen molar-refractivity contribution < 1.29 is 0 Å². The Hall–Kier alpha value is 1.13. The summed E-state index contributed by atoms with van der Waals surface area (Å²) in [6, 6.07) is 0. The minimum atomic E-state index is 0.750. The van der Waals surface area contributed by atoms with Crippen molar-refractivity contribution >= 4 is 46.9 Å². The molecule has 0 heterocycles. The molecule has 0 bridgehead atoms. The predicted molar refractivity (Wildman–Crippen MR) is 24.1 cm³/mol. The van der Waals surface area contributed by atoms with Gasteiger partial charge in [-0.1, -0.05) is 0 Å². The van der Waals surface area contributed by atoms with Crippen molar-refractivity contribution in [2.45, 2.75) is 0 Å². The summed E-state index contributed by atoms with van der Waals surface area (Å²) < 4.78 is 0.750. The van der Waals surface area contributed by atoms with E-state index in [0.717, 1.165) is 2.66 Å². The van der Waals surface area contributed by atoms with Crippen molar-refractivity contribution in [1.82, 2.24) is 0 Å². The standard InChI is InChI=1S/CH2SSe2/c2-1(3)4/h(H2,2,3,4)/p-2. The van der Waals surface area contributed by atoms with Crippen LogP contribution in [0.2, 0.25) is 0 Å². The first-order valence-corrected chi connectivity index (χ1v) is 2.73. The molecule has 0 aromatic carbocycles. The van der Waals surface area contributed by atoms with E-state index in [1.807, 2.05) is 0 Å². The van der Waals surface area contributed by atoms with Crippen LogP contribution in [0.5, 0.6) is 0 Å². The Morgan fingerprint density at radius 2 is 1.50 bits per heavy atom. The molecule has 0 radical (unpaired) electrons. The van der Waals surface area contributed by atoms with Gasteiger partial charge in [0.15, 0.2) is 0 Å². The third-order valence-electron chi connectivity index (χ3n) is 0. The number of hydrogen-bond acceptors (Lipinski definition) is 1. The molecule has 0 saturated carbocycles. The first-order valence-electron chi connectivity index (χ1n) is 0.612. The summed E-state index contributed by atoms with van der Waals surface area (Å²) in [7, 11) is 0. The topological polar surface area (TPSA) is 0 Å². The van der Waals surface area contributed by atoms with Crippen molar-refractivity contribution in [2.24, 2.45) is 0 Å². The van der Waals surface area contributed by atoms with Crippen LogP contribution >= 0.6 is 12.2 Å². The molecular weight excluding hydrogens is 202 g/mol. The fourth-order valence-corrected chi connectivity index (χ4v) is 0. The summed E-state index contributed by atoms with van der Waals surface area (Å²) in [5.41, 5.74) is 0. The van der Waals surface area contributed by atoms with Gasteiger partial charge in [-0.05, 0) is 0 Å². The molecule has 0 aromatic rings. The van der Waals surface area contributed by atoms with E-state index in [1.165, 1.54) is 0 Å². The Kier molecular flexibility index (Phi) is 3.04. The van der Waals surface area contributed by atoms with Crippen LogP contribution in [0.1, 0.15) is 0 Å². The van der Waals surface area contributed by atoms with Crippen molar-refractivity contribution in [2.75, 3.05) is 0 Å². The van der Waals surface area contributed by atoms with Crippen LogP contribution < -0.4 is 0 Å². The van der Waals surface area contributed by atoms with Gasteiger partial charge in [0.05, 0.1) is 0 Å². The van der Waals surface area contributed by atoms with Gasteiger partial charge in [-0.3, -0.25) is 0 Å². The van der Waals surface area contributed by atoms with Crippen LogP contribution in [0, 0.1) is 0 Å². The Labute approximate surface area is 47.0 Å². The maximum atomic E-state index is 4.43. The van der Waals surface area contributed by atoms with Gasteiger partial charge in [0.2, 0.25) is 0 Å². The summed E-state index contributed by atoms with van der Waals surface area (Å²) in [6.45, 7) is 0. The molecule has 3 heteroatoms. The van der Waals surface area contributed by atoms with Gasteiger partial charge in [0.25, 0.3) is 0 Å². The molecule has 0 aliphatic rings. The van der Waals surface area contributed by atoms with E-state index in [9.17, 15) is 0 Å². The molecule has 0 saturated heterocycles. The van der Waals surface area contributed by atoms with Crippen LogP contribution in [0.4, 0.5) is 0 Å². The normalized spacial score (nSPS) is 6.00. The third kappa shape index (κ3) is 11.1. The van der Waals surface area contributed by atoms with E-state index in [1.54, 1.807) is 0 Å². The fraction of sp³-hybridized carbons (Fsp3) is 0. The Balaban J connectivity index is 2.80. The molecule has 0 spiro atoms. The number of rotatable bonds is 0. The predicted octanol–water partition coefficient (Wildman–Crippen LogP) is -0.392. The van der Waals surface area contributed by atoms with Gasteiger partial charge >= 0.3 is 46.9 Å². The summed E-state index contributed by atoms with van der Waals surface area (Å²) in [6.07, 6.45) is 0. The molecule has 0 rings (SSSR count). The summed E-state index contributed by atoms with van der Waals surface area (Å²) in [5, 5.41) is 0. The SMILES string of the molecule is S=C([Se-])[Se-]. The van der Waals surface area contributed by atoms with E-state index < -0.39 is 0 Å². The second kappa shape index (κ2) is 2.37. The van der Waals surface area contributed by atoms with Crippen LogP contribution in [0.25, 0.3) is 0 Å². The molecule has 0 unspecified atom stereocenters. The van der Waals surface area contributed by atoms with Crippen molar-refractivity contribution in [3.63, 3.8) is 0 Å². The zero-order valence-electron chi connectivity index (χ0n) is 1.72. The molecule has 0 aliphatic heterocycles. The summed E-state index contributed by atoms with van der Waals surface area (Å²) in [5.74, 6) is 0. The average Bonchev–Trinajstić information content (AvgIpc) is 0.811. The van der Waals surface area contributed by atoms with Gasteiger partial charge in [-0.2, -0.15) is 0 Å². The van der Waals surface area contributed by atoms with Crippen LogP contribution in [0.3, 0.4) is 0 Å². The molecule has 0 fully saturated rings. The van der Waals surface area contributed by atoms with Crippen molar-refractivity contribution in [3.05, 3.63) is 0 Å². The second-order valence-corrected chi connectivity index (χ2v) is 4.85. The molecule has 0 atom stereocenters. The molecule has 4 heavy (non-hydrogen) atoms. The number of thiocarbonyl (C=S) groups is 1. The second-order valence-electron chi connectivity index (χ2n) is 0.250.